The fourth-order valence-corrected chi connectivity index (χ4v) is 2.52. The molecular formula is C16H21IN2O3. The molecule has 0 bridgehead atoms. The van der Waals surface area contributed by atoms with E-state index in [1.165, 1.54) is 0 Å². The third kappa shape index (κ3) is 4.86. The van der Waals surface area contributed by atoms with Crippen molar-refractivity contribution >= 4 is 34.6 Å². The SMILES string of the molecule is CC(C)(C)OC(=O)NC1CCC1NC(=O)c1ccc(I)cc1. The Balaban J connectivity index is 1.85. The molecule has 1 fully saturated rings. The van der Waals surface area contributed by atoms with Crippen LogP contribution in [0.3, 0.4) is 0 Å². The van der Waals surface area contributed by atoms with E-state index in [-0.39, 0.29) is 18.0 Å². The van der Waals surface area contributed by atoms with Crippen LogP contribution in [0, 0.1) is 3.57 Å². The molecule has 22 heavy (non-hydrogen) atoms. The highest BCUT2D eigenvalue weighted by Gasteiger charge is 2.34. The van der Waals surface area contributed by atoms with Crippen LogP contribution in [0.2, 0.25) is 0 Å². The van der Waals surface area contributed by atoms with E-state index in [0.717, 1.165) is 16.4 Å². The minimum Gasteiger partial charge on any atom is -0.444 e. The molecule has 5 nitrogen and oxygen atoms in total. The minimum absolute atomic E-state index is 0.0423. The van der Waals surface area contributed by atoms with Crippen LogP contribution < -0.4 is 10.6 Å². The van der Waals surface area contributed by atoms with E-state index in [0.29, 0.717) is 5.56 Å². The van der Waals surface area contributed by atoms with Gasteiger partial charge >= 0.3 is 6.09 Å². The van der Waals surface area contributed by atoms with Gasteiger partial charge in [0.05, 0.1) is 6.04 Å². The average molecular weight is 416 g/mol. The van der Waals surface area contributed by atoms with Crippen LogP contribution in [0.15, 0.2) is 24.3 Å². The van der Waals surface area contributed by atoms with Gasteiger partial charge in [-0.1, -0.05) is 0 Å². The largest absolute Gasteiger partial charge is 0.444 e. The number of hydrogen-bond donors (Lipinski definition) is 2. The minimum atomic E-state index is -0.520. The number of rotatable bonds is 3. The molecule has 0 saturated heterocycles. The third-order valence-electron chi connectivity index (χ3n) is 3.40. The second-order valence-electron chi connectivity index (χ2n) is 6.42. The predicted molar refractivity (Wildman–Crippen MR) is 92.8 cm³/mol. The third-order valence-corrected chi connectivity index (χ3v) is 4.12. The lowest BCUT2D eigenvalue weighted by molar-refractivity contribution is 0.0450. The molecule has 0 aromatic heterocycles. The average Bonchev–Trinajstić information content (AvgIpc) is 2.39. The highest BCUT2D eigenvalue weighted by Crippen LogP contribution is 2.21. The first kappa shape index (κ1) is 17.1. The first-order valence-electron chi connectivity index (χ1n) is 7.30. The van der Waals surface area contributed by atoms with Crippen LogP contribution in [-0.2, 0) is 4.74 Å². The maximum absolute atomic E-state index is 12.2. The molecule has 1 saturated carbocycles. The summed E-state index contributed by atoms with van der Waals surface area (Å²) in [5, 5.41) is 5.77. The quantitative estimate of drug-likeness (QED) is 0.745. The van der Waals surface area contributed by atoms with Crippen molar-refractivity contribution < 1.29 is 14.3 Å². The molecule has 120 valence electrons. The number of nitrogens with one attached hydrogen (secondary N) is 2. The molecule has 0 radical (unpaired) electrons. The topological polar surface area (TPSA) is 67.4 Å². The van der Waals surface area contributed by atoms with E-state index in [2.05, 4.69) is 33.2 Å². The van der Waals surface area contributed by atoms with Crippen molar-refractivity contribution in [3.8, 4) is 0 Å². The molecule has 1 aliphatic rings. The monoisotopic (exact) mass is 416 g/mol. The van der Waals surface area contributed by atoms with Crippen molar-refractivity contribution in [3.05, 3.63) is 33.4 Å². The molecular weight excluding hydrogens is 395 g/mol. The van der Waals surface area contributed by atoms with Crippen LogP contribution in [0.25, 0.3) is 0 Å². The van der Waals surface area contributed by atoms with E-state index in [1.54, 1.807) is 12.1 Å². The molecule has 0 spiro atoms. The van der Waals surface area contributed by atoms with E-state index in [4.69, 9.17) is 4.74 Å². The molecule has 0 heterocycles. The second kappa shape index (κ2) is 6.85. The van der Waals surface area contributed by atoms with Crippen LogP contribution in [0.4, 0.5) is 4.79 Å². The predicted octanol–water partition coefficient (Wildman–Crippen LogP) is 3.08. The Morgan fingerprint density at radius 2 is 1.64 bits per heavy atom. The number of carbonyl (C=O) groups is 2. The Labute approximate surface area is 144 Å². The number of benzene rings is 1. The summed E-state index contributed by atoms with van der Waals surface area (Å²) in [6.07, 6.45) is 1.26. The number of carbonyl (C=O) groups excluding carboxylic acids is 2. The zero-order valence-corrected chi connectivity index (χ0v) is 15.1. The zero-order chi connectivity index (χ0) is 16.3. The van der Waals surface area contributed by atoms with Gasteiger partial charge in [-0.05, 0) is 80.5 Å². The smallest absolute Gasteiger partial charge is 0.407 e. The fourth-order valence-electron chi connectivity index (χ4n) is 2.16. The molecule has 1 aliphatic carbocycles. The maximum atomic E-state index is 12.2. The molecule has 0 aliphatic heterocycles. The van der Waals surface area contributed by atoms with E-state index < -0.39 is 11.7 Å². The van der Waals surface area contributed by atoms with Gasteiger partial charge in [0.25, 0.3) is 5.91 Å². The van der Waals surface area contributed by atoms with Gasteiger partial charge in [0, 0.05) is 15.2 Å². The Morgan fingerprint density at radius 3 is 2.14 bits per heavy atom. The fraction of sp³-hybridized carbons (Fsp3) is 0.500. The molecule has 2 unspecified atom stereocenters. The summed E-state index contributed by atoms with van der Waals surface area (Å²) in [5.41, 5.74) is 0.108. The highest BCUT2D eigenvalue weighted by atomic mass is 127. The van der Waals surface area contributed by atoms with Crippen molar-refractivity contribution in [2.45, 2.75) is 51.3 Å². The van der Waals surface area contributed by atoms with Gasteiger partial charge < -0.3 is 15.4 Å². The summed E-state index contributed by atoms with van der Waals surface area (Å²) in [4.78, 5) is 23.9. The van der Waals surface area contributed by atoms with Crippen LogP contribution in [0.5, 0.6) is 0 Å². The number of amides is 2. The molecule has 1 aromatic rings. The van der Waals surface area contributed by atoms with Crippen molar-refractivity contribution in [2.24, 2.45) is 0 Å². The van der Waals surface area contributed by atoms with Crippen LogP contribution in [-0.4, -0.2) is 29.7 Å². The molecule has 2 rings (SSSR count). The summed E-state index contributed by atoms with van der Waals surface area (Å²) in [6, 6.07) is 7.28. The van der Waals surface area contributed by atoms with Gasteiger partial charge in [0.1, 0.15) is 5.60 Å². The lowest BCUT2D eigenvalue weighted by Crippen LogP contribution is -2.58. The van der Waals surface area contributed by atoms with Gasteiger partial charge in [-0.2, -0.15) is 0 Å². The molecule has 2 amide bonds. The second-order valence-corrected chi connectivity index (χ2v) is 7.66. The number of hydrogen-bond acceptors (Lipinski definition) is 3. The number of halogens is 1. The Hall–Kier alpha value is -1.31. The number of ether oxygens (including phenoxy) is 1. The van der Waals surface area contributed by atoms with Gasteiger partial charge in [-0.25, -0.2) is 4.79 Å². The molecule has 6 heteroatoms. The van der Waals surface area contributed by atoms with Gasteiger partial charge in [-0.15, -0.1) is 0 Å². The van der Waals surface area contributed by atoms with Gasteiger partial charge in [0.2, 0.25) is 0 Å². The Morgan fingerprint density at radius 1 is 1.09 bits per heavy atom. The standard InChI is InChI=1S/C16H21IN2O3/c1-16(2,3)22-15(21)19-13-9-8-12(13)18-14(20)10-4-6-11(17)7-5-10/h4-7,12-13H,8-9H2,1-3H3,(H,18,20)(H,19,21). The zero-order valence-electron chi connectivity index (χ0n) is 13.0. The summed E-state index contributed by atoms with van der Waals surface area (Å²) in [5.74, 6) is -0.114. The Bertz CT molecular complexity index is 552. The normalized spacial score (nSPS) is 20.7. The summed E-state index contributed by atoms with van der Waals surface area (Å²) >= 11 is 2.20. The van der Waals surface area contributed by atoms with Gasteiger partial charge in [-0.3, -0.25) is 4.79 Å². The van der Waals surface area contributed by atoms with Gasteiger partial charge in [0.15, 0.2) is 0 Å². The van der Waals surface area contributed by atoms with Crippen molar-refractivity contribution in [2.75, 3.05) is 0 Å². The van der Waals surface area contributed by atoms with E-state index in [1.807, 2.05) is 32.9 Å². The lowest BCUT2D eigenvalue weighted by atomic mass is 9.86. The van der Waals surface area contributed by atoms with Crippen molar-refractivity contribution in [3.63, 3.8) is 0 Å². The lowest BCUT2D eigenvalue weighted by Gasteiger charge is -2.37. The van der Waals surface area contributed by atoms with Crippen LogP contribution in [0.1, 0.15) is 44.0 Å². The number of alkyl carbamates (subject to hydrolysis) is 1. The maximum Gasteiger partial charge on any atom is 0.407 e. The van der Waals surface area contributed by atoms with Crippen molar-refractivity contribution in [1.29, 1.82) is 0 Å². The van der Waals surface area contributed by atoms with Crippen molar-refractivity contribution in [1.82, 2.24) is 10.6 Å². The van der Waals surface area contributed by atoms with E-state index >= 15 is 0 Å². The molecule has 1 aromatic carbocycles. The first-order valence-corrected chi connectivity index (χ1v) is 8.38. The summed E-state index contributed by atoms with van der Waals surface area (Å²) in [7, 11) is 0. The first-order chi connectivity index (χ1) is 10.2. The Kier molecular flexibility index (Phi) is 5.31. The van der Waals surface area contributed by atoms with E-state index in [9.17, 15) is 9.59 Å². The highest BCUT2D eigenvalue weighted by molar-refractivity contribution is 14.1. The molecule has 2 N–H and O–H groups in total. The van der Waals surface area contributed by atoms with Crippen LogP contribution >= 0.6 is 22.6 Å². The summed E-state index contributed by atoms with van der Waals surface area (Å²) < 4.78 is 6.32. The molecule has 2 atom stereocenters. The summed E-state index contributed by atoms with van der Waals surface area (Å²) in [6.45, 7) is 5.47.